The topological polar surface area (TPSA) is 34.0 Å². The molecule has 0 saturated heterocycles. The van der Waals surface area contributed by atoms with Gasteiger partial charge < -0.3 is 4.57 Å². The molecule has 146 valence electrons. The molecule has 3 nitrogen and oxygen atoms in total. The lowest BCUT2D eigenvalue weighted by molar-refractivity contribution is -0.152. The van der Waals surface area contributed by atoms with Crippen molar-refractivity contribution in [2.75, 3.05) is 0 Å². The number of rotatable bonds is 5. The Morgan fingerprint density at radius 2 is 1.85 bits per heavy atom. The summed E-state index contributed by atoms with van der Waals surface area (Å²) in [5.41, 5.74) is 0.818. The molecule has 0 saturated carbocycles. The molecule has 0 amide bonds. The summed E-state index contributed by atoms with van der Waals surface area (Å²) >= 11 is 3.39. The second-order valence-electron chi connectivity index (χ2n) is 7.77. The molecule has 2 aromatic rings. The van der Waals surface area contributed by atoms with Crippen molar-refractivity contribution in [3.8, 4) is 0 Å². The average Bonchev–Trinajstić information content (AvgIpc) is 2.79. The second-order valence-corrected chi connectivity index (χ2v) is 10.7. The van der Waals surface area contributed by atoms with E-state index >= 15 is 0 Å². The van der Waals surface area contributed by atoms with Gasteiger partial charge in [0.25, 0.3) is 0 Å². The maximum atomic E-state index is 13.8. The van der Waals surface area contributed by atoms with Gasteiger partial charge in [-0.05, 0) is 38.8 Å². The lowest BCUT2D eigenvalue weighted by atomic mass is 10.1. The lowest BCUT2D eigenvalue weighted by Gasteiger charge is -2.25. The molecule has 26 heavy (non-hydrogen) atoms. The quantitative estimate of drug-likeness (QED) is 0.618. The van der Waals surface area contributed by atoms with Gasteiger partial charge in [-0.2, -0.15) is 13.2 Å². The van der Waals surface area contributed by atoms with Crippen LogP contribution in [0.5, 0.6) is 0 Å². The number of fused-ring (bicyclic) bond motifs is 1. The third-order valence-electron chi connectivity index (χ3n) is 3.86. The predicted octanol–water partition coefficient (Wildman–Crippen LogP) is 5.72. The monoisotopic (exact) mass is 452 g/mol. The van der Waals surface area contributed by atoms with Crippen LogP contribution in [-0.4, -0.2) is 19.7 Å². The zero-order valence-electron chi connectivity index (χ0n) is 15.4. The fourth-order valence-corrected chi connectivity index (χ4v) is 3.84. The molecule has 2 atom stereocenters. The number of hydrogen-bond donors (Lipinski definition) is 1. The van der Waals surface area contributed by atoms with Gasteiger partial charge in [0.2, 0.25) is 0 Å². The average molecular weight is 453 g/mol. The summed E-state index contributed by atoms with van der Waals surface area (Å²) in [6.45, 7) is 9.54. The minimum Gasteiger partial charge on any atom is -0.347 e. The van der Waals surface area contributed by atoms with Crippen molar-refractivity contribution in [1.29, 1.82) is 0 Å². The van der Waals surface area contributed by atoms with Crippen LogP contribution in [0, 0.1) is 5.92 Å². The summed E-state index contributed by atoms with van der Waals surface area (Å²) < 4.78 is 57.9. The van der Waals surface area contributed by atoms with Crippen LogP contribution in [0.3, 0.4) is 0 Å². The summed E-state index contributed by atoms with van der Waals surface area (Å²) in [7, 11) is -1.85. The minimum atomic E-state index is -4.56. The molecule has 0 radical (unpaired) electrons. The number of halogens is 4. The number of hydrogen-bond acceptors (Lipinski definition) is 1. The maximum absolute atomic E-state index is 13.8. The Bertz CT molecular complexity index is 809. The molecule has 0 bridgehead atoms. The van der Waals surface area contributed by atoms with E-state index in [1.54, 1.807) is 32.9 Å². The molecule has 0 spiro atoms. The highest BCUT2D eigenvalue weighted by atomic mass is 79.9. The van der Waals surface area contributed by atoms with Crippen LogP contribution in [0.1, 0.15) is 46.2 Å². The van der Waals surface area contributed by atoms with Crippen LogP contribution in [0.2, 0.25) is 0 Å². The van der Waals surface area contributed by atoms with E-state index in [2.05, 4.69) is 20.7 Å². The highest BCUT2D eigenvalue weighted by Crippen LogP contribution is 2.39. The third-order valence-corrected chi connectivity index (χ3v) is 5.91. The smallest absolute Gasteiger partial charge is 0.347 e. The summed E-state index contributed by atoms with van der Waals surface area (Å²) in [5, 5.41) is 0.509. The summed E-state index contributed by atoms with van der Waals surface area (Å²) in [6, 6.07) is 3.21. The van der Waals surface area contributed by atoms with Crippen LogP contribution in [-0.2, 0) is 17.5 Å². The summed E-state index contributed by atoms with van der Waals surface area (Å²) in [4.78, 5) is 0. The van der Waals surface area contributed by atoms with E-state index in [-0.39, 0.29) is 11.5 Å². The molecule has 2 rings (SSSR count). The molecule has 8 heteroatoms. The van der Waals surface area contributed by atoms with Gasteiger partial charge in [-0.15, -0.1) is 0 Å². The Morgan fingerprint density at radius 1 is 1.23 bits per heavy atom. The first-order chi connectivity index (χ1) is 11.8. The van der Waals surface area contributed by atoms with Crippen LogP contribution in [0.25, 0.3) is 10.9 Å². The Hall–Kier alpha value is -0.860. The molecule has 1 N–H and O–H groups in total. The molecule has 1 aromatic heterocycles. The molecular formula is C18H24BrF3N2OS. The Balaban J connectivity index is 2.61. The van der Waals surface area contributed by atoms with Crippen LogP contribution >= 0.6 is 15.9 Å². The molecule has 0 aliphatic carbocycles. The van der Waals surface area contributed by atoms with Crippen molar-refractivity contribution in [3.05, 3.63) is 34.4 Å². The first-order valence-corrected chi connectivity index (χ1v) is 10.3. The van der Waals surface area contributed by atoms with Gasteiger partial charge in [-0.1, -0.05) is 35.8 Å². The van der Waals surface area contributed by atoms with Crippen molar-refractivity contribution in [3.63, 3.8) is 0 Å². The number of benzene rings is 1. The van der Waals surface area contributed by atoms with Crippen LogP contribution in [0.15, 0.2) is 28.9 Å². The van der Waals surface area contributed by atoms with Crippen molar-refractivity contribution in [2.45, 2.75) is 58.1 Å². The standard InChI is InChI=1S/C18H24BrF3N2OS/c1-11(2)9-24-10-14(13-7-6-12(19)8-15(13)24)16(18(20,21)22)23-26(25)17(3,4)5/h6-8,10-11,16,23H,9H2,1-5H3/t16?,26-/m0/s1. The van der Waals surface area contributed by atoms with E-state index in [1.165, 1.54) is 6.20 Å². The molecule has 1 heterocycles. The Kier molecular flexibility index (Phi) is 6.30. The normalized spacial score (nSPS) is 15.6. The Labute approximate surface area is 163 Å². The van der Waals surface area contributed by atoms with Crippen molar-refractivity contribution in [1.82, 2.24) is 9.29 Å². The third kappa shape index (κ3) is 4.89. The molecule has 0 aliphatic heterocycles. The summed E-state index contributed by atoms with van der Waals surface area (Å²) in [6.07, 6.45) is -3.03. The van der Waals surface area contributed by atoms with Crippen LogP contribution < -0.4 is 4.72 Å². The predicted molar refractivity (Wildman–Crippen MR) is 104 cm³/mol. The minimum absolute atomic E-state index is 0.0956. The number of aromatic nitrogens is 1. The molecule has 0 aliphatic rings. The van der Waals surface area contributed by atoms with Gasteiger partial charge in [0.05, 0.1) is 15.7 Å². The first kappa shape index (κ1) is 21.4. The van der Waals surface area contributed by atoms with Gasteiger partial charge in [0, 0.05) is 33.7 Å². The Morgan fingerprint density at radius 3 is 2.35 bits per heavy atom. The highest BCUT2D eigenvalue weighted by Gasteiger charge is 2.44. The lowest BCUT2D eigenvalue weighted by Crippen LogP contribution is -2.41. The number of alkyl halides is 3. The van der Waals surface area contributed by atoms with E-state index in [0.717, 1.165) is 9.99 Å². The highest BCUT2D eigenvalue weighted by molar-refractivity contribution is 9.10. The van der Waals surface area contributed by atoms with Crippen molar-refractivity contribution in [2.24, 2.45) is 5.92 Å². The maximum Gasteiger partial charge on any atom is 0.408 e. The van der Waals surface area contributed by atoms with E-state index in [0.29, 0.717) is 11.9 Å². The van der Waals surface area contributed by atoms with Gasteiger partial charge >= 0.3 is 6.18 Å². The zero-order chi connectivity index (χ0) is 19.9. The van der Waals surface area contributed by atoms with Gasteiger partial charge in [-0.25, -0.2) is 8.93 Å². The van der Waals surface area contributed by atoms with Gasteiger partial charge in [0.1, 0.15) is 6.04 Å². The second kappa shape index (κ2) is 7.64. The fraction of sp³-hybridized carbons (Fsp3) is 0.556. The van der Waals surface area contributed by atoms with E-state index in [9.17, 15) is 17.4 Å². The van der Waals surface area contributed by atoms with Crippen molar-refractivity contribution < 1.29 is 17.4 Å². The van der Waals surface area contributed by atoms with E-state index in [1.807, 2.05) is 24.5 Å². The van der Waals surface area contributed by atoms with Crippen LogP contribution in [0.4, 0.5) is 13.2 Å². The van der Waals surface area contributed by atoms with Crippen molar-refractivity contribution >= 4 is 37.8 Å². The summed E-state index contributed by atoms with van der Waals surface area (Å²) in [5.74, 6) is 0.276. The molecule has 0 fully saturated rings. The van der Waals surface area contributed by atoms with E-state index < -0.39 is 28.0 Å². The SMILES string of the molecule is CC(C)Cn1cc(C(N[S@@](=O)C(C)(C)C)C(F)(F)F)c2ccc(Br)cc21. The number of nitrogens with zero attached hydrogens (tertiary/aromatic N) is 1. The molecular weight excluding hydrogens is 429 g/mol. The largest absolute Gasteiger partial charge is 0.408 e. The molecule has 1 unspecified atom stereocenters. The molecule has 1 aromatic carbocycles. The first-order valence-electron chi connectivity index (χ1n) is 8.33. The number of nitrogens with one attached hydrogen (secondary N) is 1. The van der Waals surface area contributed by atoms with Gasteiger partial charge in [0.15, 0.2) is 0 Å². The zero-order valence-corrected chi connectivity index (χ0v) is 17.8. The fourth-order valence-electron chi connectivity index (χ4n) is 2.66. The van der Waals surface area contributed by atoms with Gasteiger partial charge in [-0.3, -0.25) is 0 Å². The van der Waals surface area contributed by atoms with E-state index in [4.69, 9.17) is 0 Å².